The summed E-state index contributed by atoms with van der Waals surface area (Å²) >= 11 is 0. The summed E-state index contributed by atoms with van der Waals surface area (Å²) in [5.74, 6) is -1.22. The number of sulfonamides is 1. The maximum absolute atomic E-state index is 16.8. The number of nitrogens with zero attached hydrogens (tertiary/aromatic N) is 5. The molecular formula is C34H37FN6O5S. The molecule has 13 heteroatoms. The Kier molecular flexibility index (Phi) is 7.26. The molecule has 0 saturated carbocycles. The molecule has 3 N–H and O–H groups in total. The van der Waals surface area contributed by atoms with Gasteiger partial charge in [-0.2, -0.15) is 9.97 Å². The lowest BCUT2D eigenvalue weighted by Crippen LogP contribution is -2.57. The second-order valence-corrected chi connectivity index (χ2v) is 15.1. The molecule has 3 aromatic carbocycles. The molecule has 0 radical (unpaired) electrons. The van der Waals surface area contributed by atoms with Crippen LogP contribution in [0.25, 0.3) is 32.8 Å². The first-order chi connectivity index (χ1) is 22.6. The number of hydrogen-bond acceptors (Lipinski definition) is 9. The molecule has 4 aliphatic heterocycles. The number of rotatable bonds is 7. The Labute approximate surface area is 272 Å². The van der Waals surface area contributed by atoms with E-state index in [1.54, 1.807) is 29.2 Å². The van der Waals surface area contributed by atoms with Crippen molar-refractivity contribution in [2.24, 2.45) is 5.14 Å². The number of phenols is 1. The molecule has 47 heavy (non-hydrogen) atoms. The standard InChI is InChI=1S/C34H37FN6O5S/c35-30-26(28-16-24(42)15-21-5-1-2-6-25(21)28)9-10-27-31(30)37-33(46-20-34-11-3-13-40(34)14-4-12-34)38-32(27)39-17-22-7-8-23(18-39)41(22)29(43)19-47(36,44)45/h1-2,5-6,9-10,15-16,22-23,42H,3-4,7-8,11-14,17-20H2,(H2,36,44,45)/t22-,23+. The summed E-state index contributed by atoms with van der Waals surface area (Å²) < 4.78 is 46.6. The lowest BCUT2D eigenvalue weighted by atomic mass is 9.95. The molecule has 1 aromatic heterocycles. The molecule has 2 atom stereocenters. The average Bonchev–Trinajstić information content (AvgIpc) is 3.69. The van der Waals surface area contributed by atoms with E-state index in [0.717, 1.165) is 49.5 Å². The number of carbonyl (C=O) groups is 1. The van der Waals surface area contributed by atoms with Crippen molar-refractivity contribution < 1.29 is 27.4 Å². The van der Waals surface area contributed by atoms with Gasteiger partial charge in [-0.3, -0.25) is 9.69 Å². The number of anilines is 1. The minimum atomic E-state index is -3.96. The predicted molar refractivity (Wildman–Crippen MR) is 176 cm³/mol. The largest absolute Gasteiger partial charge is 0.508 e. The summed E-state index contributed by atoms with van der Waals surface area (Å²) in [7, 11) is -3.96. The molecule has 0 aliphatic carbocycles. The maximum Gasteiger partial charge on any atom is 0.319 e. The molecule has 4 saturated heterocycles. The number of amides is 1. The van der Waals surface area contributed by atoms with Crippen LogP contribution in [0, 0.1) is 5.82 Å². The van der Waals surface area contributed by atoms with Crippen LogP contribution in [-0.4, -0.2) is 95.4 Å². The van der Waals surface area contributed by atoms with Gasteiger partial charge in [0.15, 0.2) is 5.82 Å². The van der Waals surface area contributed by atoms with Crippen LogP contribution in [0.2, 0.25) is 0 Å². The molecule has 4 fully saturated rings. The fourth-order valence-corrected chi connectivity index (χ4v) is 9.04. The van der Waals surface area contributed by atoms with Crippen molar-refractivity contribution in [3.63, 3.8) is 0 Å². The molecule has 1 amide bonds. The molecule has 4 aromatic rings. The van der Waals surface area contributed by atoms with Crippen molar-refractivity contribution in [2.75, 3.05) is 43.4 Å². The summed E-state index contributed by atoms with van der Waals surface area (Å²) in [5, 5.41) is 17.8. The normalized spacial score (nSPS) is 22.3. The highest BCUT2D eigenvalue weighted by Gasteiger charge is 2.46. The van der Waals surface area contributed by atoms with Crippen LogP contribution in [0.1, 0.15) is 38.5 Å². The van der Waals surface area contributed by atoms with Crippen LogP contribution in [0.4, 0.5) is 10.2 Å². The molecule has 0 spiro atoms. The molecule has 4 aliphatic rings. The zero-order chi connectivity index (χ0) is 32.5. The third-order valence-electron chi connectivity index (χ3n) is 10.6. The third-order valence-corrected chi connectivity index (χ3v) is 11.2. The highest BCUT2D eigenvalue weighted by atomic mass is 32.2. The van der Waals surface area contributed by atoms with Gasteiger partial charge in [0.1, 0.15) is 29.4 Å². The first-order valence-corrected chi connectivity index (χ1v) is 18.0. The Balaban J connectivity index is 1.20. The topological polar surface area (TPSA) is 142 Å². The first kappa shape index (κ1) is 30.3. The molecule has 246 valence electrons. The van der Waals surface area contributed by atoms with Gasteiger partial charge in [0.05, 0.1) is 5.54 Å². The Morgan fingerprint density at radius 3 is 2.45 bits per heavy atom. The monoisotopic (exact) mass is 660 g/mol. The van der Waals surface area contributed by atoms with Gasteiger partial charge in [-0.05, 0) is 86.1 Å². The maximum atomic E-state index is 16.8. The number of carbonyl (C=O) groups excluding carboxylic acids is 1. The number of nitrogens with two attached hydrogens (primary N) is 1. The highest BCUT2D eigenvalue weighted by Crippen LogP contribution is 2.42. The predicted octanol–water partition coefficient (Wildman–Crippen LogP) is 3.77. The lowest BCUT2D eigenvalue weighted by Gasteiger charge is -2.41. The van der Waals surface area contributed by atoms with Crippen molar-refractivity contribution in [3.05, 3.63) is 54.3 Å². The Morgan fingerprint density at radius 2 is 1.72 bits per heavy atom. The first-order valence-electron chi connectivity index (χ1n) is 16.3. The van der Waals surface area contributed by atoms with E-state index >= 15 is 4.39 Å². The van der Waals surface area contributed by atoms with Gasteiger partial charge < -0.3 is 19.6 Å². The smallest absolute Gasteiger partial charge is 0.319 e. The summed E-state index contributed by atoms with van der Waals surface area (Å²) in [4.78, 5) is 28.7. The van der Waals surface area contributed by atoms with Crippen LogP contribution in [0.3, 0.4) is 0 Å². The van der Waals surface area contributed by atoms with Crippen LogP contribution >= 0.6 is 0 Å². The lowest BCUT2D eigenvalue weighted by molar-refractivity contribution is -0.131. The van der Waals surface area contributed by atoms with E-state index in [1.165, 1.54) is 0 Å². The molecule has 5 heterocycles. The van der Waals surface area contributed by atoms with Crippen molar-refractivity contribution in [1.29, 1.82) is 0 Å². The minimum Gasteiger partial charge on any atom is -0.508 e. The van der Waals surface area contributed by atoms with Gasteiger partial charge >= 0.3 is 6.01 Å². The number of phenolic OH excluding ortho intramolecular Hbond substituents is 1. The van der Waals surface area contributed by atoms with E-state index in [9.17, 15) is 18.3 Å². The Hall–Kier alpha value is -4.07. The van der Waals surface area contributed by atoms with E-state index in [4.69, 9.17) is 14.9 Å². The van der Waals surface area contributed by atoms with E-state index in [0.29, 0.717) is 54.9 Å². The van der Waals surface area contributed by atoms with Gasteiger partial charge in [0, 0.05) is 36.1 Å². The van der Waals surface area contributed by atoms with Crippen LogP contribution < -0.4 is 14.8 Å². The Bertz CT molecular complexity index is 2000. The van der Waals surface area contributed by atoms with Gasteiger partial charge in [-0.1, -0.05) is 30.3 Å². The molecule has 8 rings (SSSR count). The van der Waals surface area contributed by atoms with E-state index < -0.39 is 27.5 Å². The van der Waals surface area contributed by atoms with E-state index in [-0.39, 0.29) is 34.9 Å². The molecule has 0 unspecified atom stereocenters. The van der Waals surface area contributed by atoms with Gasteiger partial charge in [-0.25, -0.2) is 17.9 Å². The number of aromatic hydroxyl groups is 1. The number of piperazine rings is 1. The third kappa shape index (κ3) is 5.34. The molecule has 11 nitrogen and oxygen atoms in total. The van der Waals surface area contributed by atoms with Crippen LogP contribution in [-0.2, 0) is 14.8 Å². The summed E-state index contributed by atoms with van der Waals surface area (Å²) in [5.41, 5.74) is 0.902. The minimum absolute atomic E-state index is 0.0351. The van der Waals surface area contributed by atoms with Crippen molar-refractivity contribution in [3.8, 4) is 22.9 Å². The number of ether oxygens (including phenoxy) is 1. The second kappa shape index (κ2) is 11.3. The second-order valence-electron chi connectivity index (χ2n) is 13.5. The van der Waals surface area contributed by atoms with Crippen LogP contribution in [0.5, 0.6) is 11.8 Å². The SMILES string of the molecule is NS(=O)(=O)CC(=O)N1[C@@H]2CC[C@H]1CN(c1nc(OCC34CCCN3CCC4)nc3c(F)c(-c4cc(O)cc5ccccc45)ccc13)C2. The number of benzene rings is 3. The van der Waals surface area contributed by atoms with E-state index in [1.807, 2.05) is 29.2 Å². The van der Waals surface area contributed by atoms with Gasteiger partial charge in [0.2, 0.25) is 15.9 Å². The summed E-state index contributed by atoms with van der Waals surface area (Å²) in [6.45, 7) is 3.30. The number of primary sulfonamides is 1. The van der Waals surface area contributed by atoms with Crippen molar-refractivity contribution in [1.82, 2.24) is 19.8 Å². The number of fused-ring (bicyclic) bond motifs is 5. The fourth-order valence-electron chi connectivity index (χ4n) is 8.55. The van der Waals surface area contributed by atoms with Gasteiger partial charge in [0.25, 0.3) is 0 Å². The zero-order valence-electron chi connectivity index (χ0n) is 25.9. The highest BCUT2D eigenvalue weighted by molar-refractivity contribution is 7.89. The zero-order valence-corrected chi connectivity index (χ0v) is 26.8. The van der Waals surface area contributed by atoms with Crippen molar-refractivity contribution >= 4 is 43.4 Å². The quantitative estimate of drug-likeness (QED) is 0.303. The van der Waals surface area contributed by atoms with Crippen molar-refractivity contribution in [2.45, 2.75) is 56.1 Å². The average molecular weight is 661 g/mol. The van der Waals surface area contributed by atoms with Gasteiger partial charge in [-0.15, -0.1) is 0 Å². The number of hydrogen-bond donors (Lipinski definition) is 2. The summed E-state index contributed by atoms with van der Waals surface area (Å²) in [6.07, 6.45) is 5.72. The molecule has 2 bridgehead atoms. The fraction of sp³-hybridized carbons (Fsp3) is 0.441. The van der Waals surface area contributed by atoms with Crippen LogP contribution in [0.15, 0.2) is 48.5 Å². The number of aromatic nitrogens is 2. The summed E-state index contributed by atoms with van der Waals surface area (Å²) in [6, 6.07) is 13.9. The van der Waals surface area contributed by atoms with E-state index in [2.05, 4.69) is 9.88 Å². The number of halogens is 1. The molecular weight excluding hydrogens is 623 g/mol. The Morgan fingerprint density at radius 1 is 1.00 bits per heavy atom.